The van der Waals surface area contributed by atoms with Crippen LogP contribution in [-0.2, 0) is 7.05 Å². The van der Waals surface area contributed by atoms with Gasteiger partial charge in [-0.25, -0.2) is 4.39 Å². The highest BCUT2D eigenvalue weighted by molar-refractivity contribution is 5.57. The number of anilines is 2. The van der Waals surface area contributed by atoms with Crippen LogP contribution in [0.3, 0.4) is 0 Å². The summed E-state index contributed by atoms with van der Waals surface area (Å²) < 4.78 is 16.1. The van der Waals surface area contributed by atoms with Crippen molar-refractivity contribution < 1.29 is 4.39 Å². The second-order valence-corrected chi connectivity index (χ2v) is 5.61. The van der Waals surface area contributed by atoms with Gasteiger partial charge in [0.15, 0.2) is 0 Å². The number of halogens is 1. The van der Waals surface area contributed by atoms with Gasteiger partial charge in [0, 0.05) is 32.0 Å². The Balaban J connectivity index is 1.74. The van der Waals surface area contributed by atoms with Crippen LogP contribution in [0.5, 0.6) is 0 Å². The van der Waals surface area contributed by atoms with Crippen molar-refractivity contribution in [2.75, 3.05) is 23.3 Å². The zero-order chi connectivity index (χ0) is 14.8. The highest BCUT2D eigenvalue weighted by Gasteiger charge is 2.17. The second kappa shape index (κ2) is 5.76. The third-order valence-electron chi connectivity index (χ3n) is 4.08. The number of rotatable bonds is 4. The van der Waals surface area contributed by atoms with Crippen molar-refractivity contribution in [3.05, 3.63) is 42.0 Å². The zero-order valence-electron chi connectivity index (χ0n) is 12.5. The van der Waals surface area contributed by atoms with Crippen LogP contribution in [0, 0.1) is 5.82 Å². The van der Waals surface area contributed by atoms with Crippen LogP contribution in [0.1, 0.15) is 31.5 Å². The average Bonchev–Trinajstić information content (AvgIpc) is 3.10. The van der Waals surface area contributed by atoms with Gasteiger partial charge in [-0.05, 0) is 44.0 Å². The van der Waals surface area contributed by atoms with Crippen LogP contribution in [0.25, 0.3) is 0 Å². The van der Waals surface area contributed by atoms with Gasteiger partial charge in [-0.3, -0.25) is 4.68 Å². The van der Waals surface area contributed by atoms with E-state index in [-0.39, 0.29) is 11.9 Å². The molecule has 1 saturated heterocycles. The van der Waals surface area contributed by atoms with E-state index in [0.717, 1.165) is 37.3 Å². The van der Waals surface area contributed by atoms with Gasteiger partial charge in [-0.1, -0.05) is 0 Å². The summed E-state index contributed by atoms with van der Waals surface area (Å²) in [6.07, 6.45) is 4.07. The lowest BCUT2D eigenvalue weighted by molar-refractivity contribution is 0.622. The molecular weight excluding hydrogens is 267 g/mol. The summed E-state index contributed by atoms with van der Waals surface area (Å²) in [6, 6.07) is 7.45. The molecular formula is C16H21FN4. The van der Waals surface area contributed by atoms with Crippen LogP contribution in [-0.4, -0.2) is 22.9 Å². The molecule has 3 rings (SSSR count). The summed E-state index contributed by atoms with van der Waals surface area (Å²) in [4.78, 5) is 2.11. The molecule has 0 radical (unpaired) electrons. The van der Waals surface area contributed by atoms with Gasteiger partial charge < -0.3 is 10.2 Å². The number of benzene rings is 1. The van der Waals surface area contributed by atoms with Crippen molar-refractivity contribution in [1.82, 2.24) is 9.78 Å². The van der Waals surface area contributed by atoms with Gasteiger partial charge >= 0.3 is 0 Å². The number of nitrogens with zero attached hydrogens (tertiary/aromatic N) is 3. The summed E-state index contributed by atoms with van der Waals surface area (Å²) in [5.74, 6) is -0.154. The molecule has 0 aliphatic carbocycles. The third kappa shape index (κ3) is 2.86. The van der Waals surface area contributed by atoms with Gasteiger partial charge in [-0.2, -0.15) is 5.10 Å². The summed E-state index contributed by atoms with van der Waals surface area (Å²) in [6.45, 7) is 3.95. The first-order valence-electron chi connectivity index (χ1n) is 7.44. The predicted octanol–water partition coefficient (Wildman–Crippen LogP) is 3.33. The molecule has 2 heterocycles. The largest absolute Gasteiger partial charge is 0.377 e. The molecule has 2 aromatic rings. The van der Waals surface area contributed by atoms with E-state index in [9.17, 15) is 4.39 Å². The highest BCUT2D eigenvalue weighted by atomic mass is 19.1. The summed E-state index contributed by atoms with van der Waals surface area (Å²) in [5, 5.41) is 7.48. The molecule has 5 heteroatoms. The van der Waals surface area contributed by atoms with E-state index < -0.39 is 0 Å². The molecule has 1 atom stereocenters. The summed E-state index contributed by atoms with van der Waals surface area (Å²) in [5.41, 5.74) is 2.58. The fourth-order valence-corrected chi connectivity index (χ4v) is 2.94. The molecule has 4 nitrogen and oxygen atoms in total. The van der Waals surface area contributed by atoms with Crippen LogP contribution in [0.15, 0.2) is 30.5 Å². The maximum absolute atomic E-state index is 14.3. The lowest BCUT2D eigenvalue weighted by Crippen LogP contribution is -2.19. The minimum absolute atomic E-state index is 0.0783. The van der Waals surface area contributed by atoms with Crippen molar-refractivity contribution in [2.24, 2.45) is 7.05 Å². The van der Waals surface area contributed by atoms with E-state index in [1.54, 1.807) is 12.3 Å². The zero-order valence-corrected chi connectivity index (χ0v) is 12.5. The van der Waals surface area contributed by atoms with Crippen LogP contribution >= 0.6 is 0 Å². The Morgan fingerprint density at radius 2 is 2.00 bits per heavy atom. The quantitative estimate of drug-likeness (QED) is 0.936. The number of hydrogen-bond donors (Lipinski definition) is 1. The first-order chi connectivity index (χ1) is 10.1. The second-order valence-electron chi connectivity index (χ2n) is 5.61. The van der Waals surface area contributed by atoms with E-state index in [2.05, 4.69) is 15.3 Å². The van der Waals surface area contributed by atoms with Crippen molar-refractivity contribution in [3.63, 3.8) is 0 Å². The Morgan fingerprint density at radius 3 is 2.62 bits per heavy atom. The van der Waals surface area contributed by atoms with Gasteiger partial charge in [0.25, 0.3) is 0 Å². The molecule has 21 heavy (non-hydrogen) atoms. The van der Waals surface area contributed by atoms with Crippen LogP contribution < -0.4 is 10.2 Å². The van der Waals surface area contributed by atoms with Crippen molar-refractivity contribution in [2.45, 2.75) is 25.8 Å². The Kier molecular flexibility index (Phi) is 3.82. The van der Waals surface area contributed by atoms with Gasteiger partial charge in [0.1, 0.15) is 5.82 Å². The number of nitrogens with one attached hydrogen (secondary N) is 1. The Labute approximate surface area is 124 Å². The van der Waals surface area contributed by atoms with E-state index in [4.69, 9.17) is 0 Å². The minimum Gasteiger partial charge on any atom is -0.377 e. The van der Waals surface area contributed by atoms with E-state index in [1.165, 1.54) is 0 Å². The minimum atomic E-state index is -0.154. The number of aromatic nitrogens is 2. The highest BCUT2D eigenvalue weighted by Crippen LogP contribution is 2.27. The summed E-state index contributed by atoms with van der Waals surface area (Å²) >= 11 is 0. The van der Waals surface area contributed by atoms with Crippen molar-refractivity contribution >= 4 is 11.4 Å². The van der Waals surface area contributed by atoms with E-state index in [0.29, 0.717) is 5.69 Å². The molecule has 1 aliphatic heterocycles. The molecule has 1 N–H and O–H groups in total. The first-order valence-corrected chi connectivity index (χ1v) is 7.44. The smallest absolute Gasteiger partial charge is 0.148 e. The molecule has 0 amide bonds. The molecule has 0 bridgehead atoms. The fraction of sp³-hybridized carbons (Fsp3) is 0.438. The third-order valence-corrected chi connectivity index (χ3v) is 4.08. The Hall–Kier alpha value is -2.04. The molecule has 1 aromatic heterocycles. The van der Waals surface area contributed by atoms with Gasteiger partial charge in [-0.15, -0.1) is 0 Å². The molecule has 1 aromatic carbocycles. The molecule has 0 saturated carbocycles. The van der Waals surface area contributed by atoms with Crippen LogP contribution in [0.2, 0.25) is 0 Å². The Morgan fingerprint density at radius 1 is 1.24 bits per heavy atom. The normalized spacial score (nSPS) is 16.2. The molecule has 112 valence electrons. The standard InChI is InChI=1S/C16H21FN4/c1-12(15-7-8-18-20(15)2)19-13-5-6-16(14(17)11-13)21-9-3-4-10-21/h5-8,11-12,19H,3-4,9-10H2,1-2H3. The number of hydrogen-bond acceptors (Lipinski definition) is 3. The topological polar surface area (TPSA) is 33.1 Å². The maximum Gasteiger partial charge on any atom is 0.148 e. The number of aryl methyl sites for hydroxylation is 1. The van der Waals surface area contributed by atoms with Gasteiger partial charge in [0.05, 0.1) is 17.4 Å². The fourth-order valence-electron chi connectivity index (χ4n) is 2.94. The SMILES string of the molecule is CC(Nc1ccc(N2CCCC2)c(F)c1)c1ccnn1C. The van der Waals surface area contributed by atoms with Crippen molar-refractivity contribution in [3.8, 4) is 0 Å². The van der Waals surface area contributed by atoms with E-state index in [1.807, 2.05) is 36.9 Å². The first kappa shape index (κ1) is 13.9. The molecule has 1 aliphatic rings. The van der Waals surface area contributed by atoms with Crippen LogP contribution in [0.4, 0.5) is 15.8 Å². The average molecular weight is 288 g/mol. The monoisotopic (exact) mass is 288 g/mol. The Bertz CT molecular complexity index is 616. The molecule has 0 spiro atoms. The van der Waals surface area contributed by atoms with Crippen molar-refractivity contribution in [1.29, 1.82) is 0 Å². The summed E-state index contributed by atoms with van der Waals surface area (Å²) in [7, 11) is 1.91. The lowest BCUT2D eigenvalue weighted by atomic mass is 10.2. The predicted molar refractivity (Wildman–Crippen MR) is 83.1 cm³/mol. The maximum atomic E-state index is 14.3. The van der Waals surface area contributed by atoms with E-state index >= 15 is 0 Å². The van der Waals surface area contributed by atoms with Gasteiger partial charge in [0.2, 0.25) is 0 Å². The lowest BCUT2D eigenvalue weighted by Gasteiger charge is -2.20. The molecule has 1 unspecified atom stereocenters. The molecule has 1 fully saturated rings.